The summed E-state index contributed by atoms with van der Waals surface area (Å²) in [6.45, 7) is 0. The van der Waals surface area contributed by atoms with Crippen LogP contribution < -0.4 is 0 Å². The van der Waals surface area contributed by atoms with Gasteiger partial charge in [-0.25, -0.2) is 9.97 Å². The smallest absolute Gasteiger partial charge is 0.307 e. The molecule has 4 rings (SSSR count). The van der Waals surface area contributed by atoms with Gasteiger partial charge in [-0.15, -0.1) is 0 Å². The lowest BCUT2D eigenvalue weighted by Gasteiger charge is -1.95. The van der Waals surface area contributed by atoms with Crippen molar-refractivity contribution in [2.45, 2.75) is 19.3 Å². The third-order valence-corrected chi connectivity index (χ3v) is 4.08. The Morgan fingerprint density at radius 3 is 1.53 bits per heavy atom. The van der Waals surface area contributed by atoms with Gasteiger partial charge in [0, 0.05) is 0 Å². The van der Waals surface area contributed by atoms with Crippen LogP contribution in [0.4, 0.5) is 9.41 Å². The molecule has 8 nitrogen and oxygen atoms in total. The number of carbonyl (C=O) groups is 2. The van der Waals surface area contributed by atoms with E-state index in [-0.39, 0.29) is 37.1 Å². The number of hydrogen-bond acceptors (Lipinski definition) is 6. The first-order valence-electron chi connectivity index (χ1n) is 8.18. The van der Waals surface area contributed by atoms with Gasteiger partial charge in [0.05, 0.1) is 21.3 Å². The van der Waals surface area contributed by atoms with E-state index in [1.165, 1.54) is 0 Å². The first-order chi connectivity index (χ1) is 13.0. The number of aliphatic carboxylic acids is 2. The van der Waals surface area contributed by atoms with Crippen molar-refractivity contribution < 1.29 is 38.0 Å². The van der Waals surface area contributed by atoms with E-state index < -0.39 is 11.9 Å². The second kappa shape index (κ2) is 9.63. The molecule has 0 spiro atoms. The Morgan fingerprint density at radius 1 is 0.767 bits per heavy atom. The van der Waals surface area contributed by atoms with E-state index in [2.05, 4.69) is 9.97 Å². The molecule has 0 radical (unpaired) electrons. The number of halogens is 2. The van der Waals surface area contributed by atoms with Crippen LogP contribution in [0.2, 0.25) is 0 Å². The number of aromatic nitrogens is 2. The molecule has 158 valence electrons. The summed E-state index contributed by atoms with van der Waals surface area (Å²) >= 11 is 0. The van der Waals surface area contributed by atoms with Gasteiger partial charge in [0.15, 0.2) is 11.2 Å². The minimum absolute atomic E-state index is 0. The van der Waals surface area contributed by atoms with Crippen molar-refractivity contribution in [1.29, 1.82) is 0 Å². The molecule has 30 heavy (non-hydrogen) atoms. The fourth-order valence-electron chi connectivity index (χ4n) is 2.99. The lowest BCUT2D eigenvalue weighted by Crippen LogP contribution is -2.00. The Bertz CT molecular complexity index is 1100. The van der Waals surface area contributed by atoms with E-state index in [1.807, 2.05) is 0 Å². The quantitative estimate of drug-likeness (QED) is 0.453. The molecule has 0 saturated heterocycles. The summed E-state index contributed by atoms with van der Waals surface area (Å²) in [5.74, 6) is -1.21. The Balaban J connectivity index is 0.00000150. The van der Waals surface area contributed by atoms with E-state index in [0.717, 1.165) is 0 Å². The SMILES string of the molecule is B.F.F.O=C(O)Cc1cccc2oc(Cc3nc4c(CC(=O)O)cccc4o3)nc12. The third-order valence-electron chi connectivity index (χ3n) is 4.08. The van der Waals surface area contributed by atoms with Gasteiger partial charge in [-0.1, -0.05) is 24.3 Å². The van der Waals surface area contributed by atoms with Gasteiger partial charge >= 0.3 is 11.9 Å². The Morgan fingerprint density at radius 2 is 1.17 bits per heavy atom. The van der Waals surface area contributed by atoms with Gasteiger partial charge in [0.1, 0.15) is 17.5 Å². The van der Waals surface area contributed by atoms with Gasteiger partial charge < -0.3 is 19.0 Å². The minimum atomic E-state index is -0.947. The normalized spacial score (nSPS) is 10.1. The summed E-state index contributed by atoms with van der Waals surface area (Å²) in [5, 5.41) is 18.0. The van der Waals surface area contributed by atoms with E-state index in [9.17, 15) is 9.59 Å². The van der Waals surface area contributed by atoms with Gasteiger partial charge in [0.2, 0.25) is 11.8 Å². The van der Waals surface area contributed by atoms with E-state index in [0.29, 0.717) is 45.1 Å². The summed E-state index contributed by atoms with van der Waals surface area (Å²) in [6, 6.07) is 10.3. The maximum atomic E-state index is 11.0. The van der Waals surface area contributed by atoms with E-state index >= 15 is 0 Å². The maximum absolute atomic E-state index is 11.0. The van der Waals surface area contributed by atoms with Gasteiger partial charge in [-0.3, -0.25) is 19.0 Å². The number of para-hydroxylation sites is 2. The number of fused-ring (bicyclic) bond motifs is 2. The summed E-state index contributed by atoms with van der Waals surface area (Å²) in [5.41, 5.74) is 3.11. The predicted molar refractivity (Wildman–Crippen MR) is 108 cm³/mol. The van der Waals surface area contributed by atoms with Crippen LogP contribution in [-0.4, -0.2) is 40.5 Å². The molecule has 11 heteroatoms. The molecule has 0 aliphatic rings. The number of hydrogen-bond donors (Lipinski definition) is 2. The third kappa shape index (κ3) is 4.80. The van der Waals surface area contributed by atoms with E-state index in [1.54, 1.807) is 36.4 Å². The molecule has 0 bridgehead atoms. The average Bonchev–Trinajstić information content (AvgIpc) is 3.18. The second-order valence-electron chi connectivity index (χ2n) is 6.06. The van der Waals surface area contributed by atoms with E-state index in [4.69, 9.17) is 19.0 Å². The zero-order valence-electron chi connectivity index (χ0n) is 14.8. The Hall–Kier alpha value is -3.76. The largest absolute Gasteiger partial charge is 0.481 e. The van der Waals surface area contributed by atoms with Crippen LogP contribution in [-0.2, 0) is 28.9 Å². The number of nitrogens with zero attached hydrogens (tertiary/aromatic N) is 2. The zero-order valence-corrected chi connectivity index (χ0v) is 14.8. The molecule has 0 fully saturated rings. The van der Waals surface area contributed by atoms with Gasteiger partial charge in [-0.2, -0.15) is 0 Å². The summed E-state index contributed by atoms with van der Waals surface area (Å²) in [4.78, 5) is 30.7. The zero-order chi connectivity index (χ0) is 19.0. The van der Waals surface area contributed by atoms with Crippen molar-refractivity contribution in [3.8, 4) is 0 Å². The molecule has 4 aromatic rings. The number of benzene rings is 2. The Kier molecular flexibility index (Phi) is 7.80. The minimum Gasteiger partial charge on any atom is -0.481 e. The van der Waals surface area contributed by atoms with Crippen LogP contribution in [0, 0.1) is 0 Å². The highest BCUT2D eigenvalue weighted by Crippen LogP contribution is 2.24. The van der Waals surface area contributed by atoms with Crippen molar-refractivity contribution in [2.75, 3.05) is 0 Å². The molecule has 2 heterocycles. The van der Waals surface area contributed by atoms with Crippen molar-refractivity contribution in [3.05, 3.63) is 59.3 Å². The lowest BCUT2D eigenvalue weighted by molar-refractivity contribution is -0.137. The summed E-state index contributed by atoms with van der Waals surface area (Å²) in [7, 11) is 0. The number of carboxylic acids is 2. The first-order valence-corrected chi connectivity index (χ1v) is 8.18. The maximum Gasteiger partial charge on any atom is 0.307 e. The van der Waals surface area contributed by atoms with Crippen LogP contribution in [0.25, 0.3) is 22.2 Å². The molecular formula is C19H19BF2N2O6. The fourth-order valence-corrected chi connectivity index (χ4v) is 2.99. The molecule has 2 N–H and O–H groups in total. The highest BCUT2D eigenvalue weighted by molar-refractivity contribution is 5.83. The molecular weight excluding hydrogens is 401 g/mol. The van der Waals surface area contributed by atoms with Crippen molar-refractivity contribution in [3.63, 3.8) is 0 Å². The number of carboxylic acid groups (broad SMARTS) is 2. The average molecular weight is 420 g/mol. The highest BCUT2D eigenvalue weighted by atomic mass is 19.0. The lowest BCUT2D eigenvalue weighted by atomic mass is 10.1. The fraction of sp³-hybridized carbons (Fsp3) is 0.158. The number of oxazole rings is 2. The number of rotatable bonds is 6. The summed E-state index contributed by atoms with van der Waals surface area (Å²) < 4.78 is 11.4. The molecule has 2 aromatic heterocycles. The molecule has 2 aromatic carbocycles. The van der Waals surface area contributed by atoms with Crippen LogP contribution in [0.1, 0.15) is 22.9 Å². The van der Waals surface area contributed by atoms with Crippen LogP contribution in [0.5, 0.6) is 0 Å². The predicted octanol–water partition coefficient (Wildman–Crippen LogP) is 1.94. The monoisotopic (exact) mass is 420 g/mol. The Labute approximate surface area is 169 Å². The van der Waals surface area contributed by atoms with Crippen LogP contribution >= 0.6 is 0 Å². The molecule has 0 atom stereocenters. The molecule has 0 saturated carbocycles. The second-order valence-corrected chi connectivity index (χ2v) is 6.06. The molecule has 0 amide bonds. The van der Waals surface area contributed by atoms with Gasteiger partial charge in [-0.05, 0) is 23.3 Å². The molecule has 0 aliphatic carbocycles. The van der Waals surface area contributed by atoms with Crippen molar-refractivity contribution in [1.82, 2.24) is 9.97 Å². The molecule has 0 unspecified atom stereocenters. The standard InChI is InChI=1S/C19H14N2O6.BH3.2FH/c22-16(23)7-10-3-1-5-12-18(10)20-14(26-12)9-15-21-19-11(8-17(24)25)4-2-6-13(19)27-15;;;/h1-6H,7-9H2,(H,22,23)(H,24,25);1H3;2*1H. The van der Waals surface area contributed by atoms with Crippen molar-refractivity contribution >= 4 is 42.6 Å². The summed E-state index contributed by atoms with van der Waals surface area (Å²) in [6.07, 6.45) is -0.127. The first kappa shape index (κ1) is 24.3. The highest BCUT2D eigenvalue weighted by Gasteiger charge is 2.16. The topological polar surface area (TPSA) is 127 Å². The molecule has 0 aliphatic heterocycles. The van der Waals surface area contributed by atoms with Crippen LogP contribution in [0.3, 0.4) is 0 Å². The van der Waals surface area contributed by atoms with Crippen molar-refractivity contribution in [2.24, 2.45) is 0 Å². The van der Waals surface area contributed by atoms with Crippen LogP contribution in [0.15, 0.2) is 45.2 Å². The van der Waals surface area contributed by atoms with Gasteiger partial charge in [0.25, 0.3) is 0 Å².